The van der Waals surface area contributed by atoms with Crippen LogP contribution in [0.3, 0.4) is 0 Å². The Balaban J connectivity index is 1.25. The van der Waals surface area contributed by atoms with Crippen molar-refractivity contribution in [3.05, 3.63) is 47.7 Å². The van der Waals surface area contributed by atoms with E-state index >= 15 is 0 Å². The van der Waals surface area contributed by atoms with Gasteiger partial charge in [0.2, 0.25) is 5.95 Å². The number of anilines is 2. The number of aryl methyl sites for hydroxylation is 3. The highest BCUT2D eigenvalue weighted by molar-refractivity contribution is 5.50. The molecule has 31 heavy (non-hydrogen) atoms. The fourth-order valence-corrected chi connectivity index (χ4v) is 5.23. The Labute approximate surface area is 183 Å². The van der Waals surface area contributed by atoms with Crippen LogP contribution in [0.1, 0.15) is 54.5 Å². The van der Waals surface area contributed by atoms with Crippen LogP contribution in [0.25, 0.3) is 0 Å². The second kappa shape index (κ2) is 8.32. The topological polar surface area (TPSA) is 67.9 Å². The van der Waals surface area contributed by atoms with E-state index in [1.165, 1.54) is 11.4 Å². The van der Waals surface area contributed by atoms with E-state index in [9.17, 15) is 0 Å². The van der Waals surface area contributed by atoms with E-state index < -0.39 is 0 Å². The maximum Gasteiger partial charge on any atom is 0.227 e. The summed E-state index contributed by atoms with van der Waals surface area (Å²) < 4.78 is 4.03. The first-order chi connectivity index (χ1) is 15.1. The van der Waals surface area contributed by atoms with Gasteiger partial charge in [0.15, 0.2) is 0 Å². The van der Waals surface area contributed by atoms with E-state index in [4.69, 9.17) is 4.98 Å². The molecular formula is C23H32N8. The van der Waals surface area contributed by atoms with Crippen molar-refractivity contribution in [2.45, 2.75) is 44.4 Å². The molecule has 2 fully saturated rings. The number of rotatable bonds is 4. The van der Waals surface area contributed by atoms with Gasteiger partial charge < -0.3 is 9.80 Å². The van der Waals surface area contributed by atoms with Crippen molar-refractivity contribution in [3.63, 3.8) is 0 Å². The standard InChI is InChI=1S/C23H32N8/c1-17-16-24-23(31-14-8-19(9-15-31)21-5-11-26-29(21)3)27-22(17)30-12-6-18(7-13-30)20-4-10-25-28(20)2/h4-5,10-11,16,18-19H,6-9,12-15H2,1-3H3. The molecule has 0 amide bonds. The van der Waals surface area contributed by atoms with E-state index in [1.807, 2.05) is 42.0 Å². The highest BCUT2D eigenvalue weighted by Gasteiger charge is 2.27. The van der Waals surface area contributed by atoms with Gasteiger partial charge in [0, 0.05) is 87.7 Å². The average molecular weight is 421 g/mol. The van der Waals surface area contributed by atoms with Crippen molar-refractivity contribution >= 4 is 11.8 Å². The van der Waals surface area contributed by atoms with Gasteiger partial charge in [-0.15, -0.1) is 0 Å². The minimum atomic E-state index is 0.569. The van der Waals surface area contributed by atoms with Gasteiger partial charge in [0.25, 0.3) is 0 Å². The Bertz CT molecular complexity index is 1020. The van der Waals surface area contributed by atoms with Gasteiger partial charge in [-0.1, -0.05) is 0 Å². The number of piperidine rings is 2. The van der Waals surface area contributed by atoms with Gasteiger partial charge in [0.05, 0.1) is 0 Å². The Morgan fingerprint density at radius 2 is 1.29 bits per heavy atom. The molecule has 5 rings (SSSR count). The van der Waals surface area contributed by atoms with Crippen LogP contribution in [-0.4, -0.2) is 55.7 Å². The number of hydrogen-bond acceptors (Lipinski definition) is 6. The molecule has 2 saturated heterocycles. The molecule has 8 heteroatoms. The molecule has 5 heterocycles. The molecule has 0 N–H and O–H groups in total. The van der Waals surface area contributed by atoms with Crippen LogP contribution in [0.15, 0.2) is 30.7 Å². The van der Waals surface area contributed by atoms with Crippen molar-refractivity contribution in [2.24, 2.45) is 14.1 Å². The van der Waals surface area contributed by atoms with Gasteiger partial charge in [-0.3, -0.25) is 9.36 Å². The molecule has 0 atom stereocenters. The first-order valence-corrected chi connectivity index (χ1v) is 11.4. The third-order valence-corrected chi connectivity index (χ3v) is 7.06. The zero-order chi connectivity index (χ0) is 21.4. The summed E-state index contributed by atoms with van der Waals surface area (Å²) >= 11 is 0. The summed E-state index contributed by atoms with van der Waals surface area (Å²) in [5, 5.41) is 8.68. The molecular weight excluding hydrogens is 388 g/mol. The van der Waals surface area contributed by atoms with E-state index in [2.05, 4.69) is 44.0 Å². The van der Waals surface area contributed by atoms with Crippen LogP contribution >= 0.6 is 0 Å². The van der Waals surface area contributed by atoms with E-state index in [1.54, 1.807) is 0 Å². The molecule has 0 bridgehead atoms. The lowest BCUT2D eigenvalue weighted by Crippen LogP contribution is -2.37. The monoisotopic (exact) mass is 420 g/mol. The number of hydrogen-bond donors (Lipinski definition) is 0. The molecule has 0 radical (unpaired) electrons. The highest BCUT2D eigenvalue weighted by Crippen LogP contribution is 2.32. The lowest BCUT2D eigenvalue weighted by Gasteiger charge is -2.35. The zero-order valence-corrected chi connectivity index (χ0v) is 18.8. The molecule has 3 aromatic heterocycles. The Kier molecular flexibility index (Phi) is 5.38. The van der Waals surface area contributed by atoms with Crippen LogP contribution in [0.5, 0.6) is 0 Å². The molecule has 0 aromatic carbocycles. The maximum atomic E-state index is 5.04. The van der Waals surface area contributed by atoms with Crippen molar-refractivity contribution in [2.75, 3.05) is 36.0 Å². The second-order valence-corrected chi connectivity index (χ2v) is 8.96. The zero-order valence-electron chi connectivity index (χ0n) is 18.8. The molecule has 164 valence electrons. The van der Waals surface area contributed by atoms with Crippen LogP contribution in [0.2, 0.25) is 0 Å². The summed E-state index contributed by atoms with van der Waals surface area (Å²) in [6, 6.07) is 4.30. The minimum absolute atomic E-state index is 0.569. The fraction of sp³-hybridized carbons (Fsp3) is 0.565. The average Bonchev–Trinajstić information content (AvgIpc) is 3.42. The maximum absolute atomic E-state index is 5.04. The third kappa shape index (κ3) is 3.91. The molecule has 0 aliphatic carbocycles. The SMILES string of the molecule is Cc1cnc(N2CCC(c3ccnn3C)CC2)nc1N1CCC(c2ccnn2C)CC1. The first-order valence-electron chi connectivity index (χ1n) is 11.4. The number of aromatic nitrogens is 6. The van der Waals surface area contributed by atoms with Crippen LogP contribution < -0.4 is 9.80 Å². The smallest absolute Gasteiger partial charge is 0.227 e. The molecule has 2 aliphatic heterocycles. The van der Waals surface area contributed by atoms with E-state index in [-0.39, 0.29) is 0 Å². The Morgan fingerprint density at radius 1 is 0.774 bits per heavy atom. The fourth-order valence-electron chi connectivity index (χ4n) is 5.23. The summed E-state index contributed by atoms with van der Waals surface area (Å²) in [7, 11) is 4.08. The predicted octanol–water partition coefficient (Wildman–Crippen LogP) is 3.02. The third-order valence-electron chi connectivity index (χ3n) is 7.06. The van der Waals surface area contributed by atoms with Crippen LogP contribution in [-0.2, 0) is 14.1 Å². The minimum Gasteiger partial charge on any atom is -0.356 e. The molecule has 0 saturated carbocycles. The van der Waals surface area contributed by atoms with Gasteiger partial charge in [-0.25, -0.2) is 4.98 Å². The van der Waals surface area contributed by atoms with E-state index in [0.29, 0.717) is 11.8 Å². The Morgan fingerprint density at radius 3 is 1.77 bits per heavy atom. The van der Waals surface area contributed by atoms with E-state index in [0.717, 1.165) is 69.2 Å². The van der Waals surface area contributed by atoms with Crippen LogP contribution in [0.4, 0.5) is 11.8 Å². The molecule has 2 aliphatic rings. The summed E-state index contributed by atoms with van der Waals surface area (Å²) in [4.78, 5) is 14.5. The quantitative estimate of drug-likeness (QED) is 0.646. The highest BCUT2D eigenvalue weighted by atomic mass is 15.3. The van der Waals surface area contributed by atoms with Crippen molar-refractivity contribution in [1.29, 1.82) is 0 Å². The largest absolute Gasteiger partial charge is 0.356 e. The summed E-state index contributed by atoms with van der Waals surface area (Å²) in [6.07, 6.45) is 10.3. The lowest BCUT2D eigenvalue weighted by atomic mass is 9.93. The van der Waals surface area contributed by atoms with Gasteiger partial charge in [0.1, 0.15) is 5.82 Å². The molecule has 0 spiro atoms. The normalized spacial score (nSPS) is 18.7. The summed E-state index contributed by atoms with van der Waals surface area (Å²) in [5.74, 6) is 3.12. The summed E-state index contributed by atoms with van der Waals surface area (Å²) in [5.41, 5.74) is 3.84. The van der Waals surface area contributed by atoms with Gasteiger partial charge in [-0.05, 0) is 44.7 Å². The molecule has 8 nitrogen and oxygen atoms in total. The predicted molar refractivity (Wildman–Crippen MR) is 122 cm³/mol. The van der Waals surface area contributed by atoms with Crippen LogP contribution in [0, 0.1) is 6.92 Å². The van der Waals surface area contributed by atoms with Gasteiger partial charge in [-0.2, -0.15) is 15.2 Å². The Hall–Kier alpha value is -2.90. The van der Waals surface area contributed by atoms with Crippen molar-refractivity contribution in [1.82, 2.24) is 29.5 Å². The molecule has 3 aromatic rings. The molecule has 0 unspecified atom stereocenters. The van der Waals surface area contributed by atoms with Crippen molar-refractivity contribution < 1.29 is 0 Å². The van der Waals surface area contributed by atoms with Crippen molar-refractivity contribution in [3.8, 4) is 0 Å². The second-order valence-electron chi connectivity index (χ2n) is 8.96. The number of nitrogens with zero attached hydrogens (tertiary/aromatic N) is 8. The summed E-state index contributed by atoms with van der Waals surface area (Å²) in [6.45, 7) is 6.15. The van der Waals surface area contributed by atoms with Gasteiger partial charge >= 0.3 is 0 Å². The lowest BCUT2D eigenvalue weighted by molar-refractivity contribution is 0.468. The first kappa shape index (κ1) is 20.0.